The summed E-state index contributed by atoms with van der Waals surface area (Å²) in [6.07, 6.45) is 0. The minimum Gasteiger partial charge on any atom is -0.293 e. The van der Waals surface area contributed by atoms with Gasteiger partial charge in [-0.3, -0.25) is 10.2 Å². The number of carbonyl (C=O) groups excluding carboxylic acids is 1. The number of hydrogen-bond acceptors (Lipinski definition) is 3. The van der Waals surface area contributed by atoms with E-state index in [1.54, 1.807) is 13.0 Å². The quantitative estimate of drug-likeness (QED) is 0.819. The minimum atomic E-state index is -0.0895. The van der Waals surface area contributed by atoms with Crippen molar-refractivity contribution >= 4 is 5.78 Å². The van der Waals surface area contributed by atoms with E-state index in [1.165, 1.54) is 11.6 Å². The third-order valence-corrected chi connectivity index (χ3v) is 2.77. The molecule has 1 aromatic heterocycles. The highest BCUT2D eigenvalue weighted by Crippen LogP contribution is 2.08. The van der Waals surface area contributed by atoms with Gasteiger partial charge in [-0.05, 0) is 37.6 Å². The first-order chi connectivity index (χ1) is 8.49. The van der Waals surface area contributed by atoms with Gasteiger partial charge in [-0.25, -0.2) is 4.68 Å². The Labute approximate surface area is 105 Å². The van der Waals surface area contributed by atoms with Crippen LogP contribution in [-0.2, 0) is 0 Å². The van der Waals surface area contributed by atoms with Gasteiger partial charge in [0.1, 0.15) is 11.2 Å². The van der Waals surface area contributed by atoms with Gasteiger partial charge in [0.25, 0.3) is 0 Å². The molecule has 92 valence electrons. The average molecular weight is 241 g/mol. The van der Waals surface area contributed by atoms with Gasteiger partial charge in [0.05, 0.1) is 5.69 Å². The van der Waals surface area contributed by atoms with Gasteiger partial charge in [0.2, 0.25) is 0 Å². The topological polar surface area (TPSA) is 58.7 Å². The lowest BCUT2D eigenvalue weighted by molar-refractivity contribution is 0.101. The number of benzene rings is 1. The molecule has 0 amide bonds. The molecule has 4 nitrogen and oxygen atoms in total. The lowest BCUT2D eigenvalue weighted by Crippen LogP contribution is -2.24. The van der Waals surface area contributed by atoms with Crippen LogP contribution in [0.1, 0.15) is 28.5 Å². The number of ketones is 1. The van der Waals surface area contributed by atoms with Crippen molar-refractivity contribution in [3.8, 4) is 5.69 Å². The molecule has 4 heteroatoms. The molecule has 0 aliphatic carbocycles. The van der Waals surface area contributed by atoms with E-state index in [2.05, 4.69) is 5.10 Å². The third-order valence-electron chi connectivity index (χ3n) is 2.77. The van der Waals surface area contributed by atoms with Crippen molar-refractivity contribution in [3.63, 3.8) is 0 Å². The van der Waals surface area contributed by atoms with Crippen LogP contribution < -0.4 is 5.49 Å². The summed E-state index contributed by atoms with van der Waals surface area (Å²) in [5.74, 6) is -0.0895. The van der Waals surface area contributed by atoms with E-state index in [4.69, 9.17) is 5.41 Å². The molecule has 0 saturated heterocycles. The van der Waals surface area contributed by atoms with Crippen molar-refractivity contribution in [2.45, 2.75) is 20.8 Å². The van der Waals surface area contributed by atoms with Crippen LogP contribution in [0.2, 0.25) is 0 Å². The van der Waals surface area contributed by atoms with E-state index in [0.717, 1.165) is 16.8 Å². The number of nitrogens with zero attached hydrogens (tertiary/aromatic N) is 2. The molecule has 2 aromatic rings. The molecule has 18 heavy (non-hydrogen) atoms. The van der Waals surface area contributed by atoms with Crippen molar-refractivity contribution in [3.05, 3.63) is 52.6 Å². The summed E-state index contributed by atoms with van der Waals surface area (Å²) in [7, 11) is 0. The average Bonchev–Trinajstić information content (AvgIpc) is 2.30. The lowest BCUT2D eigenvalue weighted by Gasteiger charge is -2.09. The van der Waals surface area contributed by atoms with Gasteiger partial charge in [-0.15, -0.1) is 0 Å². The first-order valence-corrected chi connectivity index (χ1v) is 5.72. The van der Waals surface area contributed by atoms with Crippen molar-refractivity contribution in [1.82, 2.24) is 9.78 Å². The molecule has 1 heterocycles. The molecule has 0 radical (unpaired) electrons. The molecule has 1 N–H and O–H groups in total. The largest absolute Gasteiger partial charge is 0.293 e. The van der Waals surface area contributed by atoms with Crippen molar-refractivity contribution in [2.75, 3.05) is 0 Å². The Kier molecular flexibility index (Phi) is 3.10. The smallest absolute Gasteiger partial charge is 0.180 e. The monoisotopic (exact) mass is 241 g/mol. The highest BCUT2D eigenvalue weighted by Gasteiger charge is 2.09. The molecule has 0 aliphatic heterocycles. The molecule has 0 aliphatic rings. The molecule has 0 bridgehead atoms. The normalized spacial score (nSPS) is 10.4. The summed E-state index contributed by atoms with van der Waals surface area (Å²) in [6, 6.07) is 9.34. The molecule has 0 spiro atoms. The summed E-state index contributed by atoms with van der Waals surface area (Å²) in [5.41, 5.74) is 3.33. The molecule has 1 aromatic carbocycles. The second-order valence-corrected chi connectivity index (χ2v) is 4.36. The summed E-state index contributed by atoms with van der Waals surface area (Å²) >= 11 is 0. The zero-order valence-electron chi connectivity index (χ0n) is 10.7. The highest BCUT2D eigenvalue weighted by molar-refractivity contribution is 5.93. The van der Waals surface area contributed by atoms with E-state index in [9.17, 15) is 4.79 Å². The van der Waals surface area contributed by atoms with Crippen LogP contribution in [0.4, 0.5) is 0 Å². The van der Waals surface area contributed by atoms with Crippen LogP contribution in [0.3, 0.4) is 0 Å². The fourth-order valence-corrected chi connectivity index (χ4v) is 1.80. The highest BCUT2D eigenvalue weighted by atomic mass is 16.1. The first kappa shape index (κ1) is 12.2. The molecule has 0 fully saturated rings. The number of nitrogens with one attached hydrogen (secondary N) is 1. The molecule has 0 saturated carbocycles. The Hall–Kier alpha value is -2.23. The van der Waals surface area contributed by atoms with E-state index in [-0.39, 0.29) is 11.3 Å². The molecule has 0 atom stereocenters. The second-order valence-electron chi connectivity index (χ2n) is 4.36. The molecule has 0 unspecified atom stereocenters. The zero-order valence-corrected chi connectivity index (χ0v) is 10.7. The van der Waals surface area contributed by atoms with Crippen LogP contribution in [-0.4, -0.2) is 15.6 Å². The van der Waals surface area contributed by atoms with Crippen molar-refractivity contribution in [2.24, 2.45) is 0 Å². The van der Waals surface area contributed by atoms with Crippen molar-refractivity contribution in [1.29, 1.82) is 5.41 Å². The third kappa shape index (κ3) is 2.22. The second kappa shape index (κ2) is 4.56. The van der Waals surface area contributed by atoms with Gasteiger partial charge >= 0.3 is 0 Å². The van der Waals surface area contributed by atoms with E-state index in [1.807, 2.05) is 31.2 Å². The zero-order chi connectivity index (χ0) is 13.3. The molecule has 2 rings (SSSR count). The van der Waals surface area contributed by atoms with Gasteiger partial charge < -0.3 is 0 Å². The summed E-state index contributed by atoms with van der Waals surface area (Å²) in [6.45, 7) is 5.28. The Bertz CT molecular complexity index is 654. The van der Waals surface area contributed by atoms with Crippen molar-refractivity contribution < 1.29 is 4.79 Å². The van der Waals surface area contributed by atoms with Crippen LogP contribution in [0.15, 0.2) is 30.3 Å². The predicted molar refractivity (Wildman–Crippen MR) is 68.9 cm³/mol. The van der Waals surface area contributed by atoms with E-state index in [0.29, 0.717) is 5.69 Å². The summed E-state index contributed by atoms with van der Waals surface area (Å²) in [5, 5.41) is 12.2. The van der Waals surface area contributed by atoms with E-state index >= 15 is 0 Å². The van der Waals surface area contributed by atoms with Crippen LogP contribution in [0, 0.1) is 19.3 Å². The van der Waals surface area contributed by atoms with E-state index < -0.39 is 0 Å². The molecular formula is C14H15N3O. The Balaban J connectivity index is 2.64. The minimum absolute atomic E-state index is 0.0895. The Morgan fingerprint density at radius 3 is 2.39 bits per heavy atom. The number of aryl methyl sites for hydroxylation is 2. The number of hydrogen-bond donors (Lipinski definition) is 1. The lowest BCUT2D eigenvalue weighted by atomic mass is 10.2. The fourth-order valence-electron chi connectivity index (χ4n) is 1.80. The van der Waals surface area contributed by atoms with Gasteiger partial charge in [-0.2, -0.15) is 5.10 Å². The SMILES string of the molecule is CC(=O)c1nn(-c2ccc(C)cc2)c(=N)cc1C. The van der Waals surface area contributed by atoms with Crippen LogP contribution in [0.25, 0.3) is 5.69 Å². The summed E-state index contributed by atoms with van der Waals surface area (Å²) in [4.78, 5) is 11.5. The maximum atomic E-state index is 11.5. The Morgan fingerprint density at radius 1 is 1.22 bits per heavy atom. The van der Waals surface area contributed by atoms with Gasteiger partial charge in [-0.1, -0.05) is 17.7 Å². The number of rotatable bonds is 2. The number of aromatic nitrogens is 2. The Morgan fingerprint density at radius 2 is 1.83 bits per heavy atom. The number of carbonyl (C=O) groups is 1. The molecular weight excluding hydrogens is 226 g/mol. The first-order valence-electron chi connectivity index (χ1n) is 5.72. The number of Topliss-reactive ketones (excluding diaryl/α,β-unsaturated/α-hetero) is 1. The van der Waals surface area contributed by atoms with Gasteiger partial charge in [0.15, 0.2) is 5.78 Å². The maximum Gasteiger partial charge on any atom is 0.180 e. The summed E-state index contributed by atoms with van der Waals surface area (Å²) < 4.78 is 1.48. The standard InChI is InChI=1S/C14H15N3O/c1-9-4-6-12(7-5-9)17-13(15)8-10(2)14(16-17)11(3)18/h4-8,15H,1-3H3. The van der Waals surface area contributed by atoms with Crippen LogP contribution in [0.5, 0.6) is 0 Å². The predicted octanol–water partition coefficient (Wildman–Crippen LogP) is 2.17. The van der Waals surface area contributed by atoms with Crippen LogP contribution >= 0.6 is 0 Å². The fraction of sp³-hybridized carbons (Fsp3) is 0.214. The maximum absolute atomic E-state index is 11.5. The van der Waals surface area contributed by atoms with Gasteiger partial charge in [0, 0.05) is 6.92 Å².